The Morgan fingerprint density at radius 1 is 1.32 bits per heavy atom. The first kappa shape index (κ1) is 14.6. The number of hydrogen-bond donors (Lipinski definition) is 1. The van der Waals surface area contributed by atoms with E-state index >= 15 is 0 Å². The van der Waals surface area contributed by atoms with Gasteiger partial charge in [0.2, 0.25) is 0 Å². The fraction of sp³-hybridized carbons (Fsp3) is 0.286. The third-order valence-corrected chi connectivity index (χ3v) is 2.20. The number of carbonyl (C=O) groups is 2. The molecule has 1 amide bonds. The quantitative estimate of drug-likeness (QED) is 0.644. The summed E-state index contributed by atoms with van der Waals surface area (Å²) < 4.78 is 9.63. The molecule has 0 saturated carbocycles. The van der Waals surface area contributed by atoms with Gasteiger partial charge in [0.1, 0.15) is 12.6 Å². The lowest BCUT2D eigenvalue weighted by molar-refractivity contribution is -0.144. The van der Waals surface area contributed by atoms with Gasteiger partial charge in [-0.3, -0.25) is 0 Å². The van der Waals surface area contributed by atoms with E-state index in [4.69, 9.17) is 11.2 Å². The highest BCUT2D eigenvalue weighted by atomic mass is 16.6. The monoisotopic (exact) mass is 261 g/mol. The summed E-state index contributed by atoms with van der Waals surface area (Å²) in [4.78, 5) is 22.7. The highest BCUT2D eigenvalue weighted by Crippen LogP contribution is 2.00. The molecule has 0 saturated heterocycles. The van der Waals surface area contributed by atoms with Crippen LogP contribution in [0.3, 0.4) is 0 Å². The van der Waals surface area contributed by atoms with Crippen LogP contribution in [0.4, 0.5) is 4.79 Å². The van der Waals surface area contributed by atoms with E-state index in [1.54, 1.807) is 0 Å². The van der Waals surface area contributed by atoms with Crippen LogP contribution in [0, 0.1) is 12.3 Å². The fourth-order valence-corrected chi connectivity index (χ4v) is 1.24. The molecule has 0 radical (unpaired) electrons. The number of hydrogen-bond acceptors (Lipinski definition) is 4. The van der Waals surface area contributed by atoms with Crippen LogP contribution in [-0.2, 0) is 20.9 Å². The van der Waals surface area contributed by atoms with Crippen molar-refractivity contribution in [3.63, 3.8) is 0 Å². The Bertz CT molecular complexity index is 464. The second-order valence-corrected chi connectivity index (χ2v) is 3.74. The molecule has 1 rings (SSSR count). The second kappa shape index (κ2) is 7.77. The molecule has 1 atom stereocenters. The van der Waals surface area contributed by atoms with Crippen molar-refractivity contribution in [2.45, 2.75) is 19.6 Å². The molecular weight excluding hydrogens is 246 g/mol. The predicted octanol–water partition coefficient (Wildman–Crippen LogP) is 1.48. The molecule has 1 N–H and O–H groups in total. The van der Waals surface area contributed by atoms with Gasteiger partial charge in [-0.15, -0.1) is 6.42 Å². The summed E-state index contributed by atoms with van der Waals surface area (Å²) in [5.74, 6) is 1.56. The van der Waals surface area contributed by atoms with E-state index in [9.17, 15) is 9.59 Å². The van der Waals surface area contributed by atoms with Gasteiger partial charge < -0.3 is 14.8 Å². The molecule has 1 aromatic rings. The average Bonchev–Trinajstić information content (AvgIpc) is 2.43. The predicted molar refractivity (Wildman–Crippen MR) is 69.0 cm³/mol. The Morgan fingerprint density at radius 2 is 2.00 bits per heavy atom. The summed E-state index contributed by atoms with van der Waals surface area (Å²) in [6.07, 6.45) is 4.26. The number of benzene rings is 1. The standard InChI is InChI=1S/C14H15NO4/c1-3-9-18-13(16)11(2)15-14(17)19-10-12-7-5-4-6-8-12/h1,4-8,11H,9-10H2,2H3,(H,15,17)/t11-/m0/s1. The lowest BCUT2D eigenvalue weighted by Gasteiger charge is -2.12. The SMILES string of the molecule is C#CCOC(=O)[C@H](C)NC(=O)OCc1ccccc1. The first-order valence-electron chi connectivity index (χ1n) is 5.71. The molecule has 0 aliphatic carbocycles. The number of alkyl carbamates (subject to hydrolysis) is 1. The van der Waals surface area contributed by atoms with Gasteiger partial charge in [-0.2, -0.15) is 0 Å². The minimum absolute atomic E-state index is 0.121. The molecule has 5 heteroatoms. The van der Waals surface area contributed by atoms with Crippen molar-refractivity contribution in [1.82, 2.24) is 5.32 Å². The molecule has 0 bridgehead atoms. The first-order chi connectivity index (χ1) is 9.13. The summed E-state index contributed by atoms with van der Waals surface area (Å²) in [6, 6.07) is 8.41. The molecule has 0 aliphatic heterocycles. The van der Waals surface area contributed by atoms with Crippen LogP contribution < -0.4 is 5.32 Å². The highest BCUT2D eigenvalue weighted by Gasteiger charge is 2.17. The van der Waals surface area contributed by atoms with E-state index in [0.717, 1.165) is 5.56 Å². The van der Waals surface area contributed by atoms with Crippen LogP contribution in [0.25, 0.3) is 0 Å². The number of rotatable bonds is 5. The summed E-state index contributed by atoms with van der Waals surface area (Å²) in [5, 5.41) is 2.35. The van der Waals surface area contributed by atoms with Crippen molar-refractivity contribution < 1.29 is 19.1 Å². The van der Waals surface area contributed by atoms with E-state index < -0.39 is 18.1 Å². The zero-order valence-corrected chi connectivity index (χ0v) is 10.6. The molecule has 1 aromatic carbocycles. The maximum Gasteiger partial charge on any atom is 0.408 e. The number of terminal acetylenes is 1. The van der Waals surface area contributed by atoms with E-state index in [-0.39, 0.29) is 13.2 Å². The molecule has 0 aromatic heterocycles. The molecule has 19 heavy (non-hydrogen) atoms. The molecule has 0 aliphatic rings. The van der Waals surface area contributed by atoms with E-state index in [2.05, 4.69) is 16.0 Å². The van der Waals surface area contributed by atoms with E-state index in [1.165, 1.54) is 6.92 Å². The van der Waals surface area contributed by atoms with Gasteiger partial charge in [-0.1, -0.05) is 36.3 Å². The van der Waals surface area contributed by atoms with Crippen molar-refractivity contribution in [3.8, 4) is 12.3 Å². The van der Waals surface area contributed by atoms with Crippen molar-refractivity contribution >= 4 is 12.1 Å². The summed E-state index contributed by atoms with van der Waals surface area (Å²) in [5.41, 5.74) is 0.861. The molecule has 0 spiro atoms. The van der Waals surface area contributed by atoms with Crippen LogP contribution >= 0.6 is 0 Å². The number of carbonyl (C=O) groups excluding carboxylic acids is 2. The first-order valence-corrected chi connectivity index (χ1v) is 5.71. The number of amides is 1. The Hall–Kier alpha value is -2.48. The van der Waals surface area contributed by atoms with Crippen molar-refractivity contribution in [2.24, 2.45) is 0 Å². The van der Waals surface area contributed by atoms with Crippen LogP contribution in [0.1, 0.15) is 12.5 Å². The topological polar surface area (TPSA) is 64.6 Å². The zero-order valence-electron chi connectivity index (χ0n) is 10.6. The lowest BCUT2D eigenvalue weighted by Crippen LogP contribution is -2.39. The van der Waals surface area contributed by atoms with Gasteiger partial charge in [0.15, 0.2) is 6.61 Å². The number of ether oxygens (including phenoxy) is 2. The molecule has 5 nitrogen and oxygen atoms in total. The van der Waals surface area contributed by atoms with Gasteiger partial charge in [0.05, 0.1) is 0 Å². The van der Waals surface area contributed by atoms with E-state index in [0.29, 0.717) is 0 Å². The van der Waals surface area contributed by atoms with Gasteiger partial charge in [0.25, 0.3) is 0 Å². The third kappa shape index (κ3) is 5.59. The van der Waals surface area contributed by atoms with Crippen LogP contribution in [-0.4, -0.2) is 24.7 Å². The third-order valence-electron chi connectivity index (χ3n) is 2.20. The number of nitrogens with one attached hydrogen (secondary N) is 1. The summed E-state index contributed by atoms with van der Waals surface area (Å²) in [7, 11) is 0. The lowest BCUT2D eigenvalue weighted by atomic mass is 10.2. The molecule has 0 fully saturated rings. The average molecular weight is 261 g/mol. The smallest absolute Gasteiger partial charge is 0.408 e. The molecule has 0 unspecified atom stereocenters. The second-order valence-electron chi connectivity index (χ2n) is 3.74. The Labute approximate surface area is 111 Å². The molecule has 0 heterocycles. The normalized spacial score (nSPS) is 10.9. The van der Waals surface area contributed by atoms with Gasteiger partial charge in [0, 0.05) is 0 Å². The molecular formula is C14H15NO4. The minimum atomic E-state index is -0.809. The fourth-order valence-electron chi connectivity index (χ4n) is 1.24. The minimum Gasteiger partial charge on any atom is -0.451 e. The van der Waals surface area contributed by atoms with Gasteiger partial charge in [-0.25, -0.2) is 9.59 Å². The Balaban J connectivity index is 2.31. The van der Waals surface area contributed by atoms with Crippen LogP contribution in [0.15, 0.2) is 30.3 Å². The summed E-state index contributed by atoms with van der Waals surface area (Å²) in [6.45, 7) is 1.51. The maximum atomic E-state index is 11.4. The van der Waals surface area contributed by atoms with Crippen molar-refractivity contribution in [3.05, 3.63) is 35.9 Å². The van der Waals surface area contributed by atoms with Crippen LogP contribution in [0.2, 0.25) is 0 Å². The van der Waals surface area contributed by atoms with E-state index in [1.807, 2.05) is 30.3 Å². The Kier molecular flexibility index (Phi) is 5.96. The van der Waals surface area contributed by atoms with Crippen LogP contribution in [0.5, 0.6) is 0 Å². The number of esters is 1. The van der Waals surface area contributed by atoms with Gasteiger partial charge >= 0.3 is 12.1 Å². The largest absolute Gasteiger partial charge is 0.451 e. The van der Waals surface area contributed by atoms with Gasteiger partial charge in [-0.05, 0) is 12.5 Å². The highest BCUT2D eigenvalue weighted by molar-refractivity contribution is 5.80. The summed E-state index contributed by atoms with van der Waals surface area (Å²) >= 11 is 0. The van der Waals surface area contributed by atoms with Crippen molar-refractivity contribution in [2.75, 3.05) is 6.61 Å². The Morgan fingerprint density at radius 3 is 2.63 bits per heavy atom. The zero-order chi connectivity index (χ0) is 14.1. The van der Waals surface area contributed by atoms with Crippen molar-refractivity contribution in [1.29, 1.82) is 0 Å². The molecule has 100 valence electrons. The maximum absolute atomic E-state index is 11.4.